The molecule has 0 aromatic carbocycles. The van der Waals surface area contributed by atoms with E-state index in [0.717, 1.165) is 12.8 Å². The summed E-state index contributed by atoms with van der Waals surface area (Å²) < 4.78 is 0. The van der Waals surface area contributed by atoms with Crippen molar-refractivity contribution in [1.29, 1.82) is 0 Å². The van der Waals surface area contributed by atoms with Gasteiger partial charge in [-0.3, -0.25) is 4.90 Å². The second-order valence-corrected chi connectivity index (χ2v) is 4.37. The lowest BCUT2D eigenvalue weighted by Crippen LogP contribution is -2.53. The summed E-state index contributed by atoms with van der Waals surface area (Å²) in [7, 11) is 2.14. The van der Waals surface area contributed by atoms with Gasteiger partial charge >= 0.3 is 0 Å². The molecular formula is C9H19NO. The highest BCUT2D eigenvalue weighted by molar-refractivity contribution is 4.91. The first kappa shape index (κ1) is 9.01. The molecule has 0 saturated carbocycles. The lowest BCUT2D eigenvalue weighted by molar-refractivity contribution is -0.0192. The van der Waals surface area contributed by atoms with Gasteiger partial charge < -0.3 is 5.11 Å². The summed E-state index contributed by atoms with van der Waals surface area (Å²) in [6.07, 6.45) is 1.71. The van der Waals surface area contributed by atoms with E-state index < -0.39 is 0 Å². The zero-order chi connectivity index (χ0) is 8.65. The Bertz CT molecular complexity index is 144. The maximum Gasteiger partial charge on any atom is 0.0572 e. The molecule has 1 saturated heterocycles. The van der Waals surface area contributed by atoms with Crippen molar-refractivity contribution in [3.05, 3.63) is 0 Å². The smallest absolute Gasteiger partial charge is 0.0572 e. The first-order valence-corrected chi connectivity index (χ1v) is 4.34. The second kappa shape index (κ2) is 2.76. The van der Waals surface area contributed by atoms with Gasteiger partial charge in [0.1, 0.15) is 0 Å². The fourth-order valence-corrected chi connectivity index (χ4v) is 1.95. The van der Waals surface area contributed by atoms with Crippen LogP contribution in [0.15, 0.2) is 0 Å². The van der Waals surface area contributed by atoms with E-state index in [1.165, 1.54) is 0 Å². The standard InChI is InChI=1S/C9H19NO/c1-7-5-8(11)6-9(2,3)10(7)4/h7-8,11H,5-6H2,1-4H3. The molecule has 1 rings (SSSR count). The van der Waals surface area contributed by atoms with Crippen LogP contribution in [0.4, 0.5) is 0 Å². The molecule has 0 spiro atoms. The molecule has 1 aliphatic heterocycles. The van der Waals surface area contributed by atoms with Gasteiger partial charge in [0.05, 0.1) is 6.10 Å². The molecule has 0 aliphatic carbocycles. The molecule has 66 valence electrons. The Labute approximate surface area is 69.2 Å². The molecule has 0 bridgehead atoms. The van der Waals surface area contributed by atoms with Crippen molar-refractivity contribution < 1.29 is 5.11 Å². The van der Waals surface area contributed by atoms with Crippen molar-refractivity contribution in [2.24, 2.45) is 0 Å². The summed E-state index contributed by atoms with van der Waals surface area (Å²) in [5, 5.41) is 9.51. The van der Waals surface area contributed by atoms with Crippen molar-refractivity contribution >= 4 is 0 Å². The molecule has 1 N–H and O–H groups in total. The maximum atomic E-state index is 9.51. The lowest BCUT2D eigenvalue weighted by atomic mass is 9.86. The summed E-state index contributed by atoms with van der Waals surface area (Å²) in [6.45, 7) is 6.54. The fourth-order valence-electron chi connectivity index (χ4n) is 1.95. The van der Waals surface area contributed by atoms with E-state index in [1.54, 1.807) is 0 Å². The zero-order valence-corrected chi connectivity index (χ0v) is 7.96. The van der Waals surface area contributed by atoms with Crippen LogP contribution < -0.4 is 0 Å². The van der Waals surface area contributed by atoms with Gasteiger partial charge in [0, 0.05) is 11.6 Å². The van der Waals surface area contributed by atoms with Gasteiger partial charge in [-0.2, -0.15) is 0 Å². The summed E-state index contributed by atoms with van der Waals surface area (Å²) in [5.41, 5.74) is 0.164. The van der Waals surface area contributed by atoms with Gasteiger partial charge in [-0.15, -0.1) is 0 Å². The Kier molecular flexibility index (Phi) is 2.26. The van der Waals surface area contributed by atoms with Crippen LogP contribution in [-0.2, 0) is 0 Å². The van der Waals surface area contributed by atoms with Crippen molar-refractivity contribution in [3.63, 3.8) is 0 Å². The molecular weight excluding hydrogens is 138 g/mol. The molecule has 0 aromatic heterocycles. The first-order chi connectivity index (χ1) is 4.93. The van der Waals surface area contributed by atoms with Gasteiger partial charge in [0.2, 0.25) is 0 Å². The van der Waals surface area contributed by atoms with Crippen LogP contribution in [0, 0.1) is 0 Å². The number of piperidine rings is 1. The number of nitrogens with zero attached hydrogens (tertiary/aromatic N) is 1. The van der Waals surface area contributed by atoms with E-state index in [1.807, 2.05) is 0 Å². The topological polar surface area (TPSA) is 23.5 Å². The SMILES string of the molecule is CC1CC(O)CC(C)(C)N1C. The zero-order valence-electron chi connectivity index (χ0n) is 7.96. The van der Waals surface area contributed by atoms with E-state index in [0.29, 0.717) is 6.04 Å². The Hall–Kier alpha value is -0.0800. The van der Waals surface area contributed by atoms with E-state index >= 15 is 0 Å². The molecule has 2 unspecified atom stereocenters. The Morgan fingerprint density at radius 1 is 1.45 bits per heavy atom. The molecule has 0 aromatic rings. The number of hydrogen-bond donors (Lipinski definition) is 1. The van der Waals surface area contributed by atoms with Gasteiger partial charge in [-0.1, -0.05) is 0 Å². The van der Waals surface area contributed by atoms with Gasteiger partial charge in [-0.05, 0) is 40.7 Å². The average Bonchev–Trinajstić information content (AvgIpc) is 1.81. The molecule has 2 nitrogen and oxygen atoms in total. The third kappa shape index (κ3) is 1.74. The molecule has 1 heterocycles. The van der Waals surface area contributed by atoms with Crippen LogP contribution >= 0.6 is 0 Å². The van der Waals surface area contributed by atoms with E-state index in [2.05, 4.69) is 32.7 Å². The molecule has 0 radical (unpaired) electrons. The average molecular weight is 157 g/mol. The van der Waals surface area contributed by atoms with E-state index in [-0.39, 0.29) is 11.6 Å². The van der Waals surface area contributed by atoms with Crippen LogP contribution in [0.5, 0.6) is 0 Å². The third-order valence-corrected chi connectivity index (χ3v) is 2.96. The minimum atomic E-state index is -0.101. The first-order valence-electron chi connectivity index (χ1n) is 4.34. The highest BCUT2D eigenvalue weighted by Gasteiger charge is 2.35. The molecule has 1 fully saturated rings. The summed E-state index contributed by atoms with van der Waals surface area (Å²) >= 11 is 0. The Balaban J connectivity index is 2.67. The molecule has 1 aliphatic rings. The lowest BCUT2D eigenvalue weighted by Gasteiger charge is -2.46. The van der Waals surface area contributed by atoms with Crippen LogP contribution in [-0.4, -0.2) is 34.7 Å². The van der Waals surface area contributed by atoms with Gasteiger partial charge in [0.25, 0.3) is 0 Å². The highest BCUT2D eigenvalue weighted by atomic mass is 16.3. The minimum Gasteiger partial charge on any atom is -0.393 e. The molecule has 11 heavy (non-hydrogen) atoms. The van der Waals surface area contributed by atoms with Crippen molar-refractivity contribution in [1.82, 2.24) is 4.90 Å². The van der Waals surface area contributed by atoms with Crippen LogP contribution in [0.2, 0.25) is 0 Å². The Morgan fingerprint density at radius 2 is 2.00 bits per heavy atom. The van der Waals surface area contributed by atoms with Crippen molar-refractivity contribution in [2.45, 2.75) is 51.3 Å². The largest absolute Gasteiger partial charge is 0.393 e. The van der Waals surface area contributed by atoms with Crippen molar-refractivity contribution in [2.75, 3.05) is 7.05 Å². The van der Waals surface area contributed by atoms with Gasteiger partial charge in [0.15, 0.2) is 0 Å². The minimum absolute atomic E-state index is 0.101. The van der Waals surface area contributed by atoms with Gasteiger partial charge in [-0.25, -0.2) is 0 Å². The Morgan fingerprint density at radius 3 is 2.45 bits per heavy atom. The van der Waals surface area contributed by atoms with E-state index in [9.17, 15) is 5.11 Å². The normalized spacial score (nSPS) is 39.0. The predicted molar refractivity (Wildman–Crippen MR) is 46.5 cm³/mol. The quantitative estimate of drug-likeness (QED) is 0.572. The van der Waals surface area contributed by atoms with E-state index in [4.69, 9.17) is 0 Å². The number of aliphatic hydroxyl groups excluding tert-OH is 1. The maximum absolute atomic E-state index is 9.51. The van der Waals surface area contributed by atoms with Crippen LogP contribution in [0.3, 0.4) is 0 Å². The molecule has 2 heteroatoms. The number of rotatable bonds is 0. The highest BCUT2D eigenvalue weighted by Crippen LogP contribution is 2.29. The monoisotopic (exact) mass is 157 g/mol. The second-order valence-electron chi connectivity index (χ2n) is 4.37. The van der Waals surface area contributed by atoms with Crippen LogP contribution in [0.1, 0.15) is 33.6 Å². The van der Waals surface area contributed by atoms with Crippen molar-refractivity contribution in [3.8, 4) is 0 Å². The third-order valence-electron chi connectivity index (χ3n) is 2.96. The number of likely N-dealkylation sites (tertiary alicyclic amines) is 1. The molecule has 0 amide bonds. The molecule has 2 atom stereocenters. The van der Waals surface area contributed by atoms with Crippen LogP contribution in [0.25, 0.3) is 0 Å². The summed E-state index contributed by atoms with van der Waals surface area (Å²) in [4.78, 5) is 2.35. The summed E-state index contributed by atoms with van der Waals surface area (Å²) in [5.74, 6) is 0. The summed E-state index contributed by atoms with van der Waals surface area (Å²) in [6, 6.07) is 0.508. The predicted octanol–water partition coefficient (Wildman–Crippen LogP) is 1.24. The fraction of sp³-hybridized carbons (Fsp3) is 1.00. The number of aliphatic hydroxyl groups is 1. The number of hydrogen-bond acceptors (Lipinski definition) is 2.